The molecule has 3 rings (SSSR count). The number of aromatic nitrogens is 2. The Morgan fingerprint density at radius 3 is 3.19 bits per heavy atom. The van der Waals surface area contributed by atoms with Crippen molar-refractivity contribution in [2.45, 2.75) is 43.3 Å². The highest BCUT2D eigenvalue weighted by molar-refractivity contribution is 7.99. The second kappa shape index (κ2) is 5.99. The average Bonchev–Trinajstić information content (AvgIpc) is 3.03. The Labute approximate surface area is 129 Å². The number of benzene rings is 1. The minimum absolute atomic E-state index is 0.103. The number of hydrogen-bond donors (Lipinski definition) is 3. The van der Waals surface area contributed by atoms with Gasteiger partial charge >= 0.3 is 0 Å². The molecule has 0 spiro atoms. The Morgan fingerprint density at radius 1 is 1.52 bits per heavy atom. The number of aliphatic hydroxyl groups is 1. The lowest BCUT2D eigenvalue weighted by Gasteiger charge is -2.29. The van der Waals surface area contributed by atoms with Crippen LogP contribution in [-0.4, -0.2) is 33.0 Å². The summed E-state index contributed by atoms with van der Waals surface area (Å²) in [4.78, 5) is 7.97. The van der Waals surface area contributed by atoms with Crippen LogP contribution < -0.4 is 5.73 Å². The number of rotatable bonds is 5. The van der Waals surface area contributed by atoms with Gasteiger partial charge in [0.05, 0.1) is 17.6 Å². The SMILES string of the molecule is Cc1ccc2nc(SCCC3CCCC3(N)CO)[nH]c2c1. The van der Waals surface area contributed by atoms with E-state index in [1.165, 1.54) is 5.56 Å². The predicted octanol–water partition coefficient (Wildman–Crippen LogP) is 2.84. The first-order valence-electron chi connectivity index (χ1n) is 7.60. The normalized spacial score (nSPS) is 25.8. The lowest BCUT2D eigenvalue weighted by atomic mass is 9.87. The van der Waals surface area contributed by atoms with Crippen LogP contribution in [0.1, 0.15) is 31.2 Å². The van der Waals surface area contributed by atoms with E-state index in [0.29, 0.717) is 5.92 Å². The molecule has 1 saturated carbocycles. The monoisotopic (exact) mass is 305 g/mol. The molecule has 1 heterocycles. The summed E-state index contributed by atoms with van der Waals surface area (Å²) in [6, 6.07) is 6.26. The van der Waals surface area contributed by atoms with Gasteiger partial charge in [-0.05, 0) is 49.8 Å². The van der Waals surface area contributed by atoms with Gasteiger partial charge in [0.2, 0.25) is 0 Å². The Bertz CT molecular complexity index is 627. The number of nitrogens with zero attached hydrogens (tertiary/aromatic N) is 1. The summed E-state index contributed by atoms with van der Waals surface area (Å²) in [6.07, 6.45) is 4.26. The van der Waals surface area contributed by atoms with E-state index in [2.05, 4.69) is 35.1 Å². The predicted molar refractivity (Wildman–Crippen MR) is 87.5 cm³/mol. The minimum atomic E-state index is -0.356. The van der Waals surface area contributed by atoms with Gasteiger partial charge in [-0.1, -0.05) is 24.2 Å². The molecule has 114 valence electrons. The summed E-state index contributed by atoms with van der Waals surface area (Å²) < 4.78 is 0. The van der Waals surface area contributed by atoms with Gasteiger partial charge in [0.1, 0.15) is 0 Å². The van der Waals surface area contributed by atoms with Crippen LogP contribution in [-0.2, 0) is 0 Å². The molecule has 0 saturated heterocycles. The first kappa shape index (κ1) is 14.9. The number of thioether (sulfide) groups is 1. The third-order valence-electron chi connectivity index (χ3n) is 4.62. The molecule has 0 aliphatic heterocycles. The van der Waals surface area contributed by atoms with E-state index in [-0.39, 0.29) is 12.1 Å². The number of aromatic amines is 1. The lowest BCUT2D eigenvalue weighted by molar-refractivity contribution is 0.158. The molecule has 1 fully saturated rings. The molecule has 0 radical (unpaired) electrons. The van der Waals surface area contributed by atoms with Crippen molar-refractivity contribution in [1.82, 2.24) is 9.97 Å². The summed E-state index contributed by atoms with van der Waals surface area (Å²) >= 11 is 1.75. The van der Waals surface area contributed by atoms with Crippen molar-refractivity contribution in [3.05, 3.63) is 23.8 Å². The molecule has 1 aromatic heterocycles. The molecule has 4 N–H and O–H groups in total. The molecule has 1 aliphatic carbocycles. The van der Waals surface area contributed by atoms with Crippen molar-refractivity contribution >= 4 is 22.8 Å². The molecule has 2 atom stereocenters. The van der Waals surface area contributed by atoms with Crippen molar-refractivity contribution in [3.63, 3.8) is 0 Å². The van der Waals surface area contributed by atoms with Gasteiger partial charge in [-0.25, -0.2) is 4.98 Å². The van der Waals surface area contributed by atoms with Crippen LogP contribution in [0.15, 0.2) is 23.4 Å². The van der Waals surface area contributed by atoms with Crippen molar-refractivity contribution in [2.75, 3.05) is 12.4 Å². The fourth-order valence-electron chi connectivity index (χ4n) is 3.28. The van der Waals surface area contributed by atoms with Crippen LogP contribution in [0.25, 0.3) is 11.0 Å². The molecule has 5 heteroatoms. The van der Waals surface area contributed by atoms with Gasteiger partial charge < -0.3 is 15.8 Å². The number of nitrogens with two attached hydrogens (primary N) is 1. The number of H-pyrrole nitrogens is 1. The van der Waals surface area contributed by atoms with Crippen LogP contribution in [0.2, 0.25) is 0 Å². The number of aliphatic hydroxyl groups excluding tert-OH is 1. The number of hydrogen-bond acceptors (Lipinski definition) is 4. The number of imidazole rings is 1. The Hall–Kier alpha value is -1.04. The first-order chi connectivity index (χ1) is 10.1. The zero-order valence-corrected chi connectivity index (χ0v) is 13.2. The highest BCUT2D eigenvalue weighted by Gasteiger charge is 2.38. The van der Waals surface area contributed by atoms with E-state index in [1.54, 1.807) is 11.8 Å². The van der Waals surface area contributed by atoms with E-state index in [1.807, 2.05) is 0 Å². The topological polar surface area (TPSA) is 74.9 Å². The lowest BCUT2D eigenvalue weighted by Crippen LogP contribution is -2.47. The number of aryl methyl sites for hydroxylation is 1. The van der Waals surface area contributed by atoms with Crippen LogP contribution in [0.3, 0.4) is 0 Å². The molecule has 21 heavy (non-hydrogen) atoms. The molecule has 1 aromatic carbocycles. The molecular weight excluding hydrogens is 282 g/mol. The molecule has 1 aliphatic rings. The van der Waals surface area contributed by atoms with Crippen LogP contribution >= 0.6 is 11.8 Å². The quantitative estimate of drug-likeness (QED) is 0.743. The molecule has 2 unspecified atom stereocenters. The number of nitrogens with one attached hydrogen (secondary N) is 1. The summed E-state index contributed by atoms with van der Waals surface area (Å²) in [7, 11) is 0. The minimum Gasteiger partial charge on any atom is -0.394 e. The van der Waals surface area contributed by atoms with Crippen molar-refractivity contribution in [1.29, 1.82) is 0 Å². The third kappa shape index (κ3) is 3.10. The fraction of sp³-hybridized carbons (Fsp3) is 0.562. The zero-order chi connectivity index (χ0) is 14.9. The van der Waals surface area contributed by atoms with Gasteiger partial charge in [-0.3, -0.25) is 0 Å². The molecule has 2 aromatic rings. The second-order valence-electron chi connectivity index (χ2n) is 6.18. The van der Waals surface area contributed by atoms with Crippen LogP contribution in [0.5, 0.6) is 0 Å². The van der Waals surface area contributed by atoms with Gasteiger partial charge in [0, 0.05) is 11.3 Å². The highest BCUT2D eigenvalue weighted by Crippen LogP contribution is 2.37. The van der Waals surface area contributed by atoms with Crippen LogP contribution in [0.4, 0.5) is 0 Å². The van der Waals surface area contributed by atoms with E-state index < -0.39 is 0 Å². The Morgan fingerprint density at radius 2 is 2.38 bits per heavy atom. The summed E-state index contributed by atoms with van der Waals surface area (Å²) in [5.74, 6) is 1.42. The Balaban J connectivity index is 1.59. The molecule has 4 nitrogen and oxygen atoms in total. The standard InChI is InChI=1S/C16H23N3OS/c1-11-4-5-13-14(9-11)19-15(18-13)21-8-6-12-3-2-7-16(12,17)10-20/h4-5,9,12,20H,2-3,6-8,10,17H2,1H3,(H,18,19). The van der Waals surface area contributed by atoms with Crippen molar-refractivity contribution < 1.29 is 5.11 Å². The smallest absolute Gasteiger partial charge is 0.166 e. The summed E-state index contributed by atoms with van der Waals surface area (Å²) in [5.41, 5.74) is 9.28. The van der Waals surface area contributed by atoms with E-state index in [9.17, 15) is 5.11 Å². The van der Waals surface area contributed by atoms with E-state index in [4.69, 9.17) is 5.73 Å². The third-order valence-corrected chi connectivity index (χ3v) is 5.53. The molecule has 0 amide bonds. The molecule has 0 bridgehead atoms. The van der Waals surface area contributed by atoms with Crippen molar-refractivity contribution in [2.24, 2.45) is 11.7 Å². The zero-order valence-electron chi connectivity index (χ0n) is 12.4. The average molecular weight is 305 g/mol. The van der Waals surface area contributed by atoms with Gasteiger partial charge in [0.15, 0.2) is 5.16 Å². The summed E-state index contributed by atoms with van der Waals surface area (Å²) in [6.45, 7) is 2.19. The largest absolute Gasteiger partial charge is 0.394 e. The maximum absolute atomic E-state index is 9.48. The Kier molecular flexibility index (Phi) is 4.24. The first-order valence-corrected chi connectivity index (χ1v) is 8.58. The highest BCUT2D eigenvalue weighted by atomic mass is 32.2. The maximum atomic E-state index is 9.48. The van der Waals surface area contributed by atoms with Gasteiger partial charge in [0.25, 0.3) is 0 Å². The van der Waals surface area contributed by atoms with Gasteiger partial charge in [-0.15, -0.1) is 0 Å². The van der Waals surface area contributed by atoms with E-state index >= 15 is 0 Å². The second-order valence-corrected chi connectivity index (χ2v) is 7.26. The van der Waals surface area contributed by atoms with Gasteiger partial charge in [-0.2, -0.15) is 0 Å². The molecular formula is C16H23N3OS. The number of fused-ring (bicyclic) bond motifs is 1. The maximum Gasteiger partial charge on any atom is 0.166 e. The fourth-order valence-corrected chi connectivity index (χ4v) is 4.22. The van der Waals surface area contributed by atoms with E-state index in [0.717, 1.165) is 47.6 Å². The van der Waals surface area contributed by atoms with Crippen molar-refractivity contribution in [3.8, 4) is 0 Å². The summed E-state index contributed by atoms with van der Waals surface area (Å²) in [5, 5.41) is 10.5. The van der Waals surface area contributed by atoms with Crippen LogP contribution in [0, 0.1) is 12.8 Å².